The van der Waals surface area contributed by atoms with Gasteiger partial charge in [-0.15, -0.1) is 10.2 Å². The van der Waals surface area contributed by atoms with Crippen molar-refractivity contribution in [1.82, 2.24) is 10.2 Å². The summed E-state index contributed by atoms with van der Waals surface area (Å²) < 4.78 is 23.1. The van der Waals surface area contributed by atoms with Crippen LogP contribution in [0.2, 0.25) is 5.02 Å². The molecule has 0 bridgehead atoms. The summed E-state index contributed by atoms with van der Waals surface area (Å²) in [5, 5.41) is 20.2. The third kappa shape index (κ3) is 6.15. The second kappa shape index (κ2) is 9.09. The van der Waals surface area contributed by atoms with Crippen molar-refractivity contribution in [2.45, 2.75) is 16.2 Å². The molecule has 0 unspecified atom stereocenters. The van der Waals surface area contributed by atoms with Gasteiger partial charge < -0.3 is 10.6 Å². The zero-order valence-corrected chi connectivity index (χ0v) is 18.3. The van der Waals surface area contributed by atoms with E-state index in [9.17, 15) is 13.2 Å². The number of hydrogen-bond acceptors (Lipinski definition) is 8. The molecule has 2 aromatic carbocycles. The predicted octanol–water partition coefficient (Wildman–Crippen LogP) is 3.62. The molecular weight excluding hydrogens is 454 g/mol. The second-order valence-corrected chi connectivity index (χ2v) is 10.0. The zero-order valence-electron chi connectivity index (χ0n) is 15.0. The van der Waals surface area contributed by atoms with Gasteiger partial charge in [0.05, 0.1) is 10.6 Å². The summed E-state index contributed by atoms with van der Waals surface area (Å²) in [6.45, 7) is 1.92. The number of anilines is 3. The molecule has 1 amide bonds. The summed E-state index contributed by atoms with van der Waals surface area (Å²) in [6, 6.07) is 11.2. The van der Waals surface area contributed by atoms with E-state index in [2.05, 4.69) is 20.8 Å². The summed E-state index contributed by atoms with van der Waals surface area (Å²) >= 11 is 8.67. The largest absolute Gasteiger partial charge is 0.330 e. The number of nitrogens with zero attached hydrogens (tertiary/aromatic N) is 2. The monoisotopic (exact) mass is 469 g/mol. The number of hydrogen-bond donors (Lipinski definition) is 3. The Labute approximate surface area is 180 Å². The molecule has 3 rings (SSSR count). The van der Waals surface area contributed by atoms with Crippen LogP contribution in [0.1, 0.15) is 5.56 Å². The minimum atomic E-state index is -3.76. The molecule has 3 aromatic rings. The van der Waals surface area contributed by atoms with Crippen molar-refractivity contribution in [3.05, 3.63) is 53.1 Å². The van der Waals surface area contributed by atoms with Gasteiger partial charge in [-0.3, -0.25) is 4.79 Å². The fourth-order valence-electron chi connectivity index (χ4n) is 2.17. The molecule has 29 heavy (non-hydrogen) atoms. The maximum Gasteiger partial charge on any atom is 0.238 e. The number of amides is 1. The summed E-state index contributed by atoms with van der Waals surface area (Å²) in [4.78, 5) is 12.1. The molecule has 0 aliphatic carbocycles. The summed E-state index contributed by atoms with van der Waals surface area (Å²) in [7, 11) is -3.76. The first-order valence-corrected chi connectivity index (χ1v) is 11.9. The van der Waals surface area contributed by atoms with Gasteiger partial charge in [0, 0.05) is 16.4 Å². The fraction of sp³-hybridized carbons (Fsp3) is 0.118. The van der Waals surface area contributed by atoms with Crippen LogP contribution in [0.3, 0.4) is 0 Å². The first kappa shape index (κ1) is 21.5. The number of thioether (sulfide) groups is 1. The highest BCUT2D eigenvalue weighted by Gasteiger charge is 2.11. The first-order chi connectivity index (χ1) is 13.7. The average molecular weight is 470 g/mol. The predicted molar refractivity (Wildman–Crippen MR) is 117 cm³/mol. The van der Waals surface area contributed by atoms with Gasteiger partial charge in [0.15, 0.2) is 4.34 Å². The van der Waals surface area contributed by atoms with Crippen LogP contribution in [0.15, 0.2) is 51.7 Å². The van der Waals surface area contributed by atoms with Crippen LogP contribution < -0.4 is 15.8 Å². The maximum absolute atomic E-state index is 12.1. The minimum absolute atomic E-state index is 0.0198. The van der Waals surface area contributed by atoms with Crippen molar-refractivity contribution in [2.24, 2.45) is 5.14 Å². The third-order valence-corrected chi connectivity index (χ3v) is 6.93. The highest BCUT2D eigenvalue weighted by atomic mass is 35.5. The number of benzene rings is 2. The van der Waals surface area contributed by atoms with Gasteiger partial charge in [-0.05, 0) is 48.9 Å². The van der Waals surface area contributed by atoms with Crippen molar-refractivity contribution in [2.75, 3.05) is 16.4 Å². The molecule has 0 saturated heterocycles. The van der Waals surface area contributed by atoms with Crippen LogP contribution >= 0.6 is 34.7 Å². The van der Waals surface area contributed by atoms with Gasteiger partial charge in [-0.25, -0.2) is 13.6 Å². The van der Waals surface area contributed by atoms with E-state index >= 15 is 0 Å². The van der Waals surface area contributed by atoms with Crippen LogP contribution in [-0.2, 0) is 14.8 Å². The highest BCUT2D eigenvalue weighted by Crippen LogP contribution is 2.29. The van der Waals surface area contributed by atoms with Crippen LogP contribution in [0.25, 0.3) is 0 Å². The molecule has 4 N–H and O–H groups in total. The number of sulfonamides is 1. The van der Waals surface area contributed by atoms with Crippen molar-refractivity contribution >= 4 is 67.1 Å². The van der Waals surface area contributed by atoms with Crippen LogP contribution in [-0.4, -0.2) is 30.3 Å². The second-order valence-electron chi connectivity index (χ2n) is 5.87. The number of halogens is 1. The van der Waals surface area contributed by atoms with Crippen LogP contribution in [0.5, 0.6) is 0 Å². The van der Waals surface area contributed by atoms with Gasteiger partial charge in [-0.2, -0.15) is 0 Å². The topological polar surface area (TPSA) is 127 Å². The lowest BCUT2D eigenvalue weighted by Gasteiger charge is -2.05. The molecule has 0 atom stereocenters. The average Bonchev–Trinajstić information content (AvgIpc) is 3.10. The molecule has 0 spiro atoms. The lowest BCUT2D eigenvalue weighted by molar-refractivity contribution is -0.113. The molecule has 1 heterocycles. The van der Waals surface area contributed by atoms with Crippen molar-refractivity contribution in [1.29, 1.82) is 0 Å². The summed E-state index contributed by atoms with van der Waals surface area (Å²) in [6.07, 6.45) is 0. The quantitative estimate of drug-likeness (QED) is 0.451. The van der Waals surface area contributed by atoms with Crippen molar-refractivity contribution in [3.63, 3.8) is 0 Å². The van der Waals surface area contributed by atoms with Gasteiger partial charge in [0.25, 0.3) is 0 Å². The molecule has 0 saturated carbocycles. The summed E-state index contributed by atoms with van der Waals surface area (Å²) in [5.41, 5.74) is 2.25. The SMILES string of the molecule is Cc1ccc(Nc2nnc(SCC(=O)Nc3ccc(S(N)(=O)=O)cc3)s2)cc1Cl. The van der Waals surface area contributed by atoms with E-state index < -0.39 is 10.0 Å². The molecule has 0 aliphatic rings. The Morgan fingerprint density at radius 3 is 2.52 bits per heavy atom. The highest BCUT2D eigenvalue weighted by molar-refractivity contribution is 8.01. The maximum atomic E-state index is 12.1. The smallest absolute Gasteiger partial charge is 0.238 e. The number of rotatable bonds is 7. The molecule has 152 valence electrons. The van der Waals surface area contributed by atoms with E-state index in [4.69, 9.17) is 16.7 Å². The Morgan fingerprint density at radius 1 is 1.17 bits per heavy atom. The molecule has 0 fully saturated rings. The first-order valence-electron chi connectivity index (χ1n) is 8.13. The number of carbonyl (C=O) groups excluding carboxylic acids is 1. The van der Waals surface area contributed by atoms with E-state index in [1.165, 1.54) is 47.4 Å². The number of carbonyl (C=O) groups is 1. The Balaban J connectivity index is 1.52. The minimum Gasteiger partial charge on any atom is -0.330 e. The molecule has 1 aromatic heterocycles. The van der Waals surface area contributed by atoms with Crippen LogP contribution in [0, 0.1) is 6.92 Å². The van der Waals surface area contributed by atoms with E-state index in [0.717, 1.165) is 11.3 Å². The van der Waals surface area contributed by atoms with Crippen molar-refractivity contribution in [3.8, 4) is 0 Å². The Kier molecular flexibility index (Phi) is 6.75. The van der Waals surface area contributed by atoms with E-state index in [0.29, 0.717) is 20.2 Å². The van der Waals surface area contributed by atoms with Gasteiger partial charge in [0.1, 0.15) is 0 Å². The molecule has 0 radical (unpaired) electrons. The number of aromatic nitrogens is 2. The van der Waals surface area contributed by atoms with Gasteiger partial charge >= 0.3 is 0 Å². The number of nitrogens with two attached hydrogens (primary N) is 1. The number of primary sulfonamides is 1. The fourth-order valence-corrected chi connectivity index (χ4v) is 4.43. The van der Waals surface area contributed by atoms with Crippen LogP contribution in [0.4, 0.5) is 16.5 Å². The Hall–Kier alpha value is -2.18. The van der Waals surface area contributed by atoms with Gasteiger partial charge in [-0.1, -0.05) is 40.8 Å². The zero-order chi connectivity index (χ0) is 21.0. The molecule has 8 nitrogen and oxygen atoms in total. The number of aryl methyl sites for hydroxylation is 1. The molecule has 0 aliphatic heterocycles. The lowest BCUT2D eigenvalue weighted by Crippen LogP contribution is -2.15. The number of nitrogens with one attached hydrogen (secondary N) is 2. The Morgan fingerprint density at radius 2 is 1.86 bits per heavy atom. The van der Waals surface area contributed by atoms with E-state index in [1.807, 2.05) is 19.1 Å². The lowest BCUT2D eigenvalue weighted by atomic mass is 10.2. The van der Waals surface area contributed by atoms with Crippen molar-refractivity contribution < 1.29 is 13.2 Å². The van der Waals surface area contributed by atoms with E-state index in [1.54, 1.807) is 6.07 Å². The van der Waals surface area contributed by atoms with E-state index in [-0.39, 0.29) is 16.6 Å². The Bertz CT molecular complexity index is 1130. The molecular formula is C17H16ClN5O3S3. The summed E-state index contributed by atoms with van der Waals surface area (Å²) in [5.74, 6) is -0.129. The van der Waals surface area contributed by atoms with Gasteiger partial charge in [0.2, 0.25) is 21.1 Å². The third-order valence-electron chi connectivity index (χ3n) is 3.62. The molecule has 12 heteroatoms. The standard InChI is InChI=1S/C17H16ClN5O3S3/c1-10-2-3-12(8-14(10)18)21-16-22-23-17(28-16)27-9-15(24)20-11-4-6-13(7-5-11)29(19,25)26/h2-8H,9H2,1H3,(H,20,24)(H,21,22)(H2,19,25,26). The normalized spacial score (nSPS) is 11.3.